The zero-order chi connectivity index (χ0) is 13.9. The molecule has 0 amide bonds. The van der Waals surface area contributed by atoms with Gasteiger partial charge in [-0.25, -0.2) is 5.84 Å². The molecule has 1 aromatic heterocycles. The summed E-state index contributed by atoms with van der Waals surface area (Å²) in [7, 11) is 0. The van der Waals surface area contributed by atoms with Gasteiger partial charge in [-0.15, -0.1) is 10.2 Å². The van der Waals surface area contributed by atoms with Crippen molar-refractivity contribution in [2.45, 2.75) is 12.7 Å². The molecule has 0 spiro atoms. The molecule has 3 N–H and O–H groups in total. The maximum absolute atomic E-state index is 12.2. The van der Waals surface area contributed by atoms with Crippen molar-refractivity contribution in [2.24, 2.45) is 5.84 Å². The first kappa shape index (κ1) is 14.4. The number of alkyl halides is 3. The van der Waals surface area contributed by atoms with Crippen LogP contribution in [0.4, 0.5) is 18.3 Å². The normalized spacial score (nSPS) is 18.7. The van der Waals surface area contributed by atoms with E-state index >= 15 is 0 Å². The number of nitrogens with two attached hydrogens (primary N) is 1. The van der Waals surface area contributed by atoms with Gasteiger partial charge in [0, 0.05) is 26.2 Å². The minimum absolute atomic E-state index is 0.417. The molecule has 0 atom stereocenters. The highest BCUT2D eigenvalue weighted by molar-refractivity contribution is 7.15. The van der Waals surface area contributed by atoms with Crippen LogP contribution >= 0.6 is 11.3 Å². The van der Waals surface area contributed by atoms with Crippen molar-refractivity contribution in [3.8, 4) is 0 Å². The average molecular weight is 296 g/mol. The molecule has 1 fully saturated rings. The minimum Gasteiger partial charge on any atom is -0.298 e. The maximum Gasteiger partial charge on any atom is 0.401 e. The van der Waals surface area contributed by atoms with Gasteiger partial charge in [0.25, 0.3) is 0 Å². The number of halogens is 3. The number of piperazine rings is 1. The topological polar surface area (TPSA) is 70.3 Å². The summed E-state index contributed by atoms with van der Waals surface area (Å²) in [5, 5.41) is 9.10. The summed E-state index contributed by atoms with van der Waals surface area (Å²) in [5.74, 6) is 5.20. The Kier molecular flexibility index (Phi) is 4.55. The lowest BCUT2D eigenvalue weighted by Crippen LogP contribution is -2.48. The van der Waals surface area contributed by atoms with E-state index in [0.29, 0.717) is 37.9 Å². The molecule has 108 valence electrons. The van der Waals surface area contributed by atoms with Gasteiger partial charge in [-0.05, 0) is 0 Å². The van der Waals surface area contributed by atoms with Gasteiger partial charge >= 0.3 is 6.18 Å². The van der Waals surface area contributed by atoms with E-state index in [9.17, 15) is 13.2 Å². The highest BCUT2D eigenvalue weighted by Crippen LogP contribution is 2.19. The number of nitrogen functional groups attached to an aromatic ring is 1. The molecule has 1 aliphatic rings. The van der Waals surface area contributed by atoms with Crippen LogP contribution in [0, 0.1) is 0 Å². The number of rotatable bonds is 4. The van der Waals surface area contributed by atoms with Crippen LogP contribution in [0.3, 0.4) is 0 Å². The standard InChI is InChI=1S/C9H15F3N6S/c10-9(11,12)6-18-3-1-17(2-4-18)5-7-15-16-8(14-13)19-7/h1-6,13H2,(H,14,16). The predicted molar refractivity (Wildman–Crippen MR) is 65.5 cm³/mol. The highest BCUT2D eigenvalue weighted by Gasteiger charge is 2.32. The van der Waals surface area contributed by atoms with Crippen molar-refractivity contribution in [3.63, 3.8) is 0 Å². The number of nitrogens with zero attached hydrogens (tertiary/aromatic N) is 4. The second-order valence-corrected chi connectivity index (χ2v) is 5.37. The Balaban J connectivity index is 1.77. The quantitative estimate of drug-likeness (QED) is 0.623. The van der Waals surface area contributed by atoms with Crippen molar-refractivity contribution < 1.29 is 13.2 Å². The van der Waals surface area contributed by atoms with Crippen LogP contribution in [0.1, 0.15) is 5.01 Å². The lowest BCUT2D eigenvalue weighted by Gasteiger charge is -2.34. The Morgan fingerprint density at radius 3 is 2.32 bits per heavy atom. The smallest absolute Gasteiger partial charge is 0.298 e. The Bertz CT molecular complexity index is 401. The van der Waals surface area contributed by atoms with Gasteiger partial charge in [-0.3, -0.25) is 15.2 Å². The van der Waals surface area contributed by atoms with Crippen molar-refractivity contribution in [3.05, 3.63) is 5.01 Å². The molecule has 10 heteroatoms. The van der Waals surface area contributed by atoms with Crippen molar-refractivity contribution in [1.29, 1.82) is 0 Å². The van der Waals surface area contributed by atoms with Gasteiger partial charge < -0.3 is 0 Å². The van der Waals surface area contributed by atoms with Crippen LogP contribution in [0.5, 0.6) is 0 Å². The summed E-state index contributed by atoms with van der Waals surface area (Å²) in [6.07, 6.45) is -4.12. The van der Waals surface area contributed by atoms with E-state index in [2.05, 4.69) is 20.5 Å². The van der Waals surface area contributed by atoms with Gasteiger partial charge in [-0.1, -0.05) is 11.3 Å². The van der Waals surface area contributed by atoms with E-state index in [0.717, 1.165) is 5.01 Å². The van der Waals surface area contributed by atoms with E-state index in [1.165, 1.54) is 16.2 Å². The molecule has 0 bridgehead atoms. The zero-order valence-electron chi connectivity index (χ0n) is 10.2. The molecule has 0 saturated carbocycles. The van der Waals surface area contributed by atoms with Crippen molar-refractivity contribution in [2.75, 3.05) is 38.1 Å². The summed E-state index contributed by atoms with van der Waals surface area (Å²) >= 11 is 1.34. The van der Waals surface area contributed by atoms with Crippen LogP contribution < -0.4 is 11.3 Å². The largest absolute Gasteiger partial charge is 0.401 e. The molecule has 1 aliphatic heterocycles. The van der Waals surface area contributed by atoms with Crippen LogP contribution in [0.25, 0.3) is 0 Å². The second-order valence-electron chi connectivity index (χ2n) is 4.31. The number of hydrogen-bond acceptors (Lipinski definition) is 7. The fourth-order valence-corrected chi connectivity index (χ4v) is 2.62. The first-order valence-corrected chi connectivity index (χ1v) is 6.58. The summed E-state index contributed by atoms with van der Waals surface area (Å²) in [6, 6.07) is 0. The summed E-state index contributed by atoms with van der Waals surface area (Å²) in [5.41, 5.74) is 2.41. The maximum atomic E-state index is 12.2. The van der Waals surface area contributed by atoms with E-state index in [1.807, 2.05) is 0 Å². The SMILES string of the molecule is NNc1nnc(CN2CCN(CC(F)(F)F)CC2)s1. The molecule has 6 nitrogen and oxygen atoms in total. The molecule has 0 aromatic carbocycles. The molecule has 1 aromatic rings. The van der Waals surface area contributed by atoms with Crippen LogP contribution in [0.2, 0.25) is 0 Å². The van der Waals surface area contributed by atoms with Crippen LogP contribution in [-0.4, -0.2) is 58.9 Å². The Morgan fingerprint density at radius 1 is 1.16 bits per heavy atom. The fourth-order valence-electron chi connectivity index (χ4n) is 1.93. The Labute approximate surface area is 112 Å². The van der Waals surface area contributed by atoms with Gasteiger partial charge in [-0.2, -0.15) is 13.2 Å². The van der Waals surface area contributed by atoms with Crippen LogP contribution in [-0.2, 0) is 6.54 Å². The van der Waals surface area contributed by atoms with E-state index in [-0.39, 0.29) is 0 Å². The molecule has 0 unspecified atom stereocenters. The second kappa shape index (κ2) is 5.99. The molecule has 19 heavy (non-hydrogen) atoms. The number of aromatic nitrogens is 2. The lowest BCUT2D eigenvalue weighted by atomic mass is 10.3. The van der Waals surface area contributed by atoms with E-state index in [4.69, 9.17) is 5.84 Å². The number of hydrogen-bond donors (Lipinski definition) is 2. The number of anilines is 1. The van der Waals surface area contributed by atoms with Gasteiger partial charge in [0.05, 0.1) is 13.1 Å². The Hall–Kier alpha value is -0.970. The molecule has 0 radical (unpaired) electrons. The molecule has 2 rings (SSSR count). The lowest BCUT2D eigenvalue weighted by molar-refractivity contribution is -0.149. The molecule has 0 aliphatic carbocycles. The minimum atomic E-state index is -4.12. The monoisotopic (exact) mass is 296 g/mol. The predicted octanol–water partition coefficient (Wildman–Crippen LogP) is 0.504. The van der Waals surface area contributed by atoms with E-state index in [1.54, 1.807) is 0 Å². The third-order valence-corrected chi connectivity index (χ3v) is 3.66. The first-order valence-electron chi connectivity index (χ1n) is 5.77. The van der Waals surface area contributed by atoms with Gasteiger partial charge in [0.2, 0.25) is 5.13 Å². The molecular formula is C9H15F3N6S. The number of hydrazine groups is 1. The summed E-state index contributed by atoms with van der Waals surface area (Å²) in [4.78, 5) is 3.48. The fraction of sp³-hybridized carbons (Fsp3) is 0.778. The van der Waals surface area contributed by atoms with E-state index < -0.39 is 12.7 Å². The first-order chi connectivity index (χ1) is 8.96. The average Bonchev–Trinajstić information content (AvgIpc) is 2.77. The molecule has 1 saturated heterocycles. The number of nitrogens with one attached hydrogen (secondary N) is 1. The third-order valence-electron chi connectivity index (χ3n) is 2.82. The highest BCUT2D eigenvalue weighted by atomic mass is 32.1. The Morgan fingerprint density at radius 2 is 1.79 bits per heavy atom. The van der Waals surface area contributed by atoms with Gasteiger partial charge in [0.1, 0.15) is 5.01 Å². The third kappa shape index (κ3) is 4.56. The molecular weight excluding hydrogens is 281 g/mol. The van der Waals surface area contributed by atoms with Crippen LogP contribution in [0.15, 0.2) is 0 Å². The van der Waals surface area contributed by atoms with Crippen molar-refractivity contribution in [1.82, 2.24) is 20.0 Å². The summed E-state index contributed by atoms with van der Waals surface area (Å²) in [6.45, 7) is 1.79. The zero-order valence-corrected chi connectivity index (χ0v) is 11.0. The summed E-state index contributed by atoms with van der Waals surface area (Å²) < 4.78 is 36.7. The van der Waals surface area contributed by atoms with Gasteiger partial charge in [0.15, 0.2) is 0 Å². The van der Waals surface area contributed by atoms with Crippen molar-refractivity contribution >= 4 is 16.5 Å². The molecule has 2 heterocycles.